The molecule has 0 aliphatic heterocycles. The van der Waals surface area contributed by atoms with Gasteiger partial charge in [0.2, 0.25) is 0 Å². The SMILES string of the molecule is c1ccc2c(c1)Cc1cc3c(cc1-2)-c1ccc2c(c1C3)c1cccnc1n1c3ccccc3nc21.c1ccc2c(c1)Cc1cc3c(cc1-2)Cc1cc2c4cccnc4n4c5ccccc5nc4c2cc1-3.c1ccc2c(c1)Cc1ccc3c(c1-2)-c1ccc2c(c1C3)c1cccnc1n1c3ccccc3nc21.c1ccc2c(c1)Cc1ccc3c(c1-2)Cc1cc2c4cccnc4n4c5ccccc5nc4c2cc1-3. The van der Waals surface area contributed by atoms with Crippen molar-refractivity contribution in [1.29, 1.82) is 0 Å². The summed E-state index contributed by atoms with van der Waals surface area (Å²) in [6, 6.07) is 124. The molecule has 0 unspecified atom stereocenters. The zero-order valence-corrected chi connectivity index (χ0v) is 75.7. The molecule has 8 aliphatic carbocycles. The molecule has 8 aliphatic rings. The van der Waals surface area contributed by atoms with Crippen LogP contribution in [0.5, 0.6) is 0 Å². The monoisotopic (exact) mass is 1780 g/mol. The van der Waals surface area contributed by atoms with Crippen LogP contribution in [0.2, 0.25) is 0 Å². The van der Waals surface area contributed by atoms with E-state index in [4.69, 9.17) is 39.9 Å². The lowest BCUT2D eigenvalue weighted by Crippen LogP contribution is -1.96. The highest BCUT2D eigenvalue weighted by atomic mass is 15.1. The highest BCUT2D eigenvalue weighted by molar-refractivity contribution is 6.21. The second-order valence-electron chi connectivity index (χ2n) is 39.3. The number of rotatable bonds is 0. The summed E-state index contributed by atoms with van der Waals surface area (Å²) < 4.78 is 8.92. The van der Waals surface area contributed by atoms with Gasteiger partial charge in [-0.2, -0.15) is 0 Å². The first-order chi connectivity index (χ1) is 69.4. The normalized spacial score (nSPS) is 13.5. The molecule has 0 N–H and O–H groups in total. The minimum absolute atomic E-state index is 0.942. The molecule has 0 spiro atoms. The van der Waals surface area contributed by atoms with E-state index in [0.29, 0.717) is 0 Å². The number of pyridine rings is 8. The van der Waals surface area contributed by atoms with Gasteiger partial charge < -0.3 is 0 Å². The van der Waals surface area contributed by atoms with E-state index in [9.17, 15) is 0 Å². The fourth-order valence-corrected chi connectivity index (χ4v) is 26.3. The molecule has 12 aromatic heterocycles. The number of aromatic nitrogens is 12. The Morgan fingerprint density at radius 3 is 0.979 bits per heavy atom. The van der Waals surface area contributed by atoms with Crippen molar-refractivity contribution in [3.05, 3.63) is 454 Å². The summed E-state index contributed by atoms with van der Waals surface area (Å²) in [6.07, 6.45) is 15.5. The summed E-state index contributed by atoms with van der Waals surface area (Å²) >= 11 is 0. The van der Waals surface area contributed by atoms with E-state index in [-0.39, 0.29) is 0 Å². The lowest BCUT2D eigenvalue weighted by molar-refractivity contribution is 1.21. The van der Waals surface area contributed by atoms with Crippen LogP contribution in [0.3, 0.4) is 0 Å². The minimum atomic E-state index is 0.942. The van der Waals surface area contributed by atoms with Crippen molar-refractivity contribution in [1.82, 2.24) is 57.5 Å². The Hall–Kier alpha value is -18.0. The minimum Gasteiger partial charge on any atom is -0.276 e. The molecule has 36 rings (SSSR count). The molecule has 648 valence electrons. The average molecular weight is 1780 g/mol. The molecule has 12 heterocycles. The van der Waals surface area contributed by atoms with Crippen molar-refractivity contribution in [3.63, 3.8) is 0 Å². The lowest BCUT2D eigenvalue weighted by Gasteiger charge is -2.13. The van der Waals surface area contributed by atoms with Gasteiger partial charge >= 0.3 is 0 Å². The van der Waals surface area contributed by atoms with Gasteiger partial charge in [0.05, 0.1) is 44.1 Å². The lowest BCUT2D eigenvalue weighted by atomic mass is 9.92. The van der Waals surface area contributed by atoms with Gasteiger partial charge in [0.1, 0.15) is 45.2 Å². The van der Waals surface area contributed by atoms with Crippen molar-refractivity contribution in [2.45, 2.75) is 51.4 Å². The van der Waals surface area contributed by atoms with Gasteiger partial charge in [0, 0.05) is 78.6 Å². The first-order valence-electron chi connectivity index (χ1n) is 48.8. The predicted octanol–water partition coefficient (Wildman–Crippen LogP) is 29.3. The van der Waals surface area contributed by atoms with Crippen LogP contribution in [0.4, 0.5) is 0 Å². The smallest absolute Gasteiger partial charge is 0.147 e. The van der Waals surface area contributed by atoms with Gasteiger partial charge in [-0.3, -0.25) is 17.6 Å². The molecular formula is C128H76N12. The summed E-state index contributed by atoms with van der Waals surface area (Å²) in [5, 5.41) is 14.6. The maximum atomic E-state index is 5.09. The van der Waals surface area contributed by atoms with Crippen LogP contribution in [0.25, 0.3) is 243 Å². The van der Waals surface area contributed by atoms with Crippen LogP contribution in [0.1, 0.15) is 89.0 Å². The molecule has 0 radical (unpaired) electrons. The van der Waals surface area contributed by atoms with E-state index in [2.05, 4.69) is 345 Å². The summed E-state index contributed by atoms with van der Waals surface area (Å²) in [5.74, 6) is 0. The zero-order valence-electron chi connectivity index (χ0n) is 75.7. The highest BCUT2D eigenvalue weighted by Gasteiger charge is 2.36. The van der Waals surface area contributed by atoms with Crippen LogP contribution < -0.4 is 0 Å². The van der Waals surface area contributed by atoms with E-state index in [1.165, 1.54) is 243 Å². The molecule has 16 aromatic carbocycles. The molecule has 12 heteroatoms. The summed E-state index contributed by atoms with van der Waals surface area (Å²) in [5.41, 5.74) is 61.5. The van der Waals surface area contributed by atoms with Gasteiger partial charge in [-0.15, -0.1) is 0 Å². The predicted molar refractivity (Wildman–Crippen MR) is 568 cm³/mol. The summed E-state index contributed by atoms with van der Waals surface area (Å²) in [7, 11) is 0. The molecule has 140 heavy (non-hydrogen) atoms. The number of hydrogen-bond donors (Lipinski definition) is 0. The third-order valence-electron chi connectivity index (χ3n) is 32.2. The standard InChI is InChI=1S/4C32H19N3/c1-2-7-21-18(6-1)16-19-11-12-20-17-25-22(29(20)28(19)21)13-14-24-30(25)23-8-5-15-33-31(23)35-27-10-4-3-9-26(27)34-32(24)35;1-2-7-21-18(6-1)14-19-15-20-16-27-22(26(20)17-25(19)21)11-12-24-30(27)23-8-5-13-33-31(23)35-29-10-4-3-9-28(29)34-32(24)35;1-2-7-21-18(6-1)14-19-11-12-22-24-17-27-25(15-20(24)16-26(22)30(19)21)23-8-5-13-33-31(23)35-29-10-4-3-9-28(29)34-32(27)35;1-2-7-22-18(6-1)12-19-15-25-20(14-24(19)22)13-21-16-27-23-8-5-11-33-31(23)35-30-10-4-3-9-29(30)34-32(35)28(27)17-26(21)25/h1-15H,16-17H2;2*1-13,15,17H,14,16H2;1-11,14-17H,12-13H2. The first-order valence-corrected chi connectivity index (χ1v) is 48.8. The first kappa shape index (κ1) is 75.3. The molecule has 0 amide bonds. The molecule has 12 nitrogen and oxygen atoms in total. The van der Waals surface area contributed by atoms with Crippen molar-refractivity contribution in [2.24, 2.45) is 0 Å². The Kier molecular flexibility index (Phi) is 15.0. The van der Waals surface area contributed by atoms with Crippen LogP contribution in [0.15, 0.2) is 365 Å². The van der Waals surface area contributed by atoms with Crippen LogP contribution in [0, 0.1) is 0 Å². The number of imidazole rings is 4. The summed E-state index contributed by atoms with van der Waals surface area (Å²) in [4.78, 5) is 39.6. The number of hydrogen-bond acceptors (Lipinski definition) is 8. The molecule has 0 atom stereocenters. The third kappa shape index (κ3) is 10.3. The van der Waals surface area contributed by atoms with Crippen molar-refractivity contribution in [3.8, 4) is 89.0 Å². The maximum Gasteiger partial charge on any atom is 0.147 e. The fourth-order valence-electron chi connectivity index (χ4n) is 26.3. The molecule has 0 saturated carbocycles. The molecule has 0 bridgehead atoms. The molecule has 28 aromatic rings. The van der Waals surface area contributed by atoms with Crippen molar-refractivity contribution < 1.29 is 0 Å². The largest absolute Gasteiger partial charge is 0.276 e. The van der Waals surface area contributed by atoms with Gasteiger partial charge in [0.25, 0.3) is 0 Å². The van der Waals surface area contributed by atoms with Gasteiger partial charge in [-0.25, -0.2) is 39.9 Å². The van der Waals surface area contributed by atoms with Crippen LogP contribution in [-0.4, -0.2) is 57.5 Å². The molecule has 0 fully saturated rings. The quantitative estimate of drug-likeness (QED) is 0.138. The Labute approximate surface area is 799 Å². The Morgan fingerprint density at radius 2 is 0.457 bits per heavy atom. The van der Waals surface area contributed by atoms with Crippen molar-refractivity contribution in [2.75, 3.05) is 0 Å². The Bertz CT molecular complexity index is 10700. The van der Waals surface area contributed by atoms with Crippen LogP contribution >= 0.6 is 0 Å². The molecular weight excluding hydrogens is 1710 g/mol. The van der Waals surface area contributed by atoms with Gasteiger partial charge in [0.15, 0.2) is 0 Å². The van der Waals surface area contributed by atoms with Crippen molar-refractivity contribution >= 4 is 154 Å². The van der Waals surface area contributed by atoms with E-state index in [0.717, 1.165) is 141 Å². The second kappa shape index (κ2) is 27.9. The number of para-hydroxylation sites is 8. The van der Waals surface area contributed by atoms with Gasteiger partial charge in [-0.1, -0.05) is 188 Å². The molecule has 0 saturated heterocycles. The fraction of sp³-hybridized carbons (Fsp3) is 0.0625. The zero-order chi connectivity index (χ0) is 90.7. The Balaban J connectivity index is 0.0000000829. The van der Waals surface area contributed by atoms with E-state index in [1.54, 1.807) is 0 Å². The average Bonchev–Trinajstić information content (AvgIpc) is 1.52. The number of benzene rings is 16. The number of fused-ring (bicyclic) bond motifs is 60. The van der Waals surface area contributed by atoms with E-state index < -0.39 is 0 Å². The number of nitrogens with zero attached hydrogens (tertiary/aromatic N) is 12. The van der Waals surface area contributed by atoms with E-state index in [1.807, 2.05) is 36.9 Å². The topological polar surface area (TPSA) is 121 Å². The maximum absolute atomic E-state index is 5.09. The highest BCUT2D eigenvalue weighted by Crippen LogP contribution is 2.56. The van der Waals surface area contributed by atoms with Crippen LogP contribution in [-0.2, 0) is 51.4 Å². The Morgan fingerprint density at radius 1 is 0.157 bits per heavy atom. The summed E-state index contributed by atoms with van der Waals surface area (Å²) in [6.45, 7) is 0. The second-order valence-corrected chi connectivity index (χ2v) is 39.3. The van der Waals surface area contributed by atoms with Gasteiger partial charge in [-0.05, 0) is 392 Å². The third-order valence-corrected chi connectivity index (χ3v) is 32.2. The van der Waals surface area contributed by atoms with E-state index >= 15 is 0 Å².